The van der Waals surface area contributed by atoms with Crippen LogP contribution in [-0.2, 0) is 22.6 Å². The minimum Gasteiger partial charge on any atom is -0.483 e. The van der Waals surface area contributed by atoms with Gasteiger partial charge in [0.2, 0.25) is 5.91 Å². The van der Waals surface area contributed by atoms with Crippen LogP contribution in [0.2, 0.25) is 0 Å². The number of hydrogen-bond acceptors (Lipinski definition) is 3. The van der Waals surface area contributed by atoms with Gasteiger partial charge in [0.15, 0.2) is 6.61 Å². The van der Waals surface area contributed by atoms with E-state index >= 15 is 0 Å². The van der Waals surface area contributed by atoms with Crippen molar-refractivity contribution in [2.24, 2.45) is 5.92 Å². The fourth-order valence-electron chi connectivity index (χ4n) is 3.23. The third kappa shape index (κ3) is 7.62. The highest BCUT2D eigenvalue weighted by Crippen LogP contribution is 2.26. The van der Waals surface area contributed by atoms with Gasteiger partial charge in [-0.2, -0.15) is 0 Å². The van der Waals surface area contributed by atoms with Gasteiger partial charge >= 0.3 is 0 Å². The third-order valence-corrected chi connectivity index (χ3v) is 5.71. The molecular formula is C25H32BrFN2O3. The molecule has 0 aliphatic carbocycles. The van der Waals surface area contributed by atoms with E-state index in [1.165, 1.54) is 17.0 Å². The molecule has 0 spiro atoms. The van der Waals surface area contributed by atoms with Gasteiger partial charge in [-0.15, -0.1) is 0 Å². The molecule has 5 nitrogen and oxygen atoms in total. The summed E-state index contributed by atoms with van der Waals surface area (Å²) in [6.07, 6.45) is 1.35. The highest BCUT2D eigenvalue weighted by atomic mass is 79.9. The number of nitrogens with one attached hydrogen (secondary N) is 1. The van der Waals surface area contributed by atoms with E-state index in [-0.39, 0.29) is 30.8 Å². The van der Waals surface area contributed by atoms with Gasteiger partial charge in [-0.1, -0.05) is 45.9 Å². The Morgan fingerprint density at radius 3 is 2.31 bits per heavy atom. The number of carbonyl (C=O) groups is 2. The molecule has 2 aromatic rings. The summed E-state index contributed by atoms with van der Waals surface area (Å²) >= 11 is 3.49. The van der Waals surface area contributed by atoms with Crippen LogP contribution < -0.4 is 10.1 Å². The second kappa shape index (κ2) is 12.6. The molecule has 1 atom stereocenters. The molecule has 0 saturated heterocycles. The molecule has 0 heterocycles. The van der Waals surface area contributed by atoms with Crippen LogP contribution in [0.3, 0.4) is 0 Å². The zero-order valence-electron chi connectivity index (χ0n) is 19.2. The first-order valence-corrected chi connectivity index (χ1v) is 11.8. The molecule has 0 radical (unpaired) electrons. The van der Waals surface area contributed by atoms with E-state index in [2.05, 4.69) is 28.2 Å². The van der Waals surface area contributed by atoms with E-state index in [4.69, 9.17) is 4.74 Å². The fraction of sp³-hybridized carbons (Fsp3) is 0.440. The van der Waals surface area contributed by atoms with Gasteiger partial charge in [0.25, 0.3) is 5.91 Å². The lowest BCUT2D eigenvalue weighted by Crippen LogP contribution is -2.50. The van der Waals surface area contributed by atoms with Gasteiger partial charge in [0.1, 0.15) is 17.6 Å². The Morgan fingerprint density at radius 2 is 1.75 bits per heavy atom. The number of hydrogen-bond donors (Lipinski definition) is 1. The number of carbonyl (C=O) groups excluding carboxylic acids is 2. The Labute approximate surface area is 198 Å². The zero-order valence-corrected chi connectivity index (χ0v) is 20.7. The highest BCUT2D eigenvalue weighted by molar-refractivity contribution is 9.10. The molecule has 0 aliphatic rings. The first kappa shape index (κ1) is 25.8. The standard InChI is InChI=1S/C25H32BrFN2O3/c1-5-18-9-12-23(21(26)13-18)32-16-24(30)29(15-19-7-10-20(27)11-8-19)22(6-2)25(31)28-14-17(3)4/h7-13,17,22H,5-6,14-16H2,1-4H3,(H,28,31). The second-order valence-electron chi connectivity index (χ2n) is 8.12. The molecule has 1 N–H and O–H groups in total. The highest BCUT2D eigenvalue weighted by Gasteiger charge is 2.29. The van der Waals surface area contributed by atoms with Gasteiger partial charge in [0, 0.05) is 13.1 Å². The van der Waals surface area contributed by atoms with Crippen LogP contribution in [-0.4, -0.2) is 35.9 Å². The fourth-order valence-corrected chi connectivity index (χ4v) is 3.77. The Bertz CT molecular complexity index is 903. The number of rotatable bonds is 11. The number of ether oxygens (including phenoxy) is 1. The van der Waals surface area contributed by atoms with Crippen LogP contribution in [0.1, 0.15) is 45.2 Å². The number of halogens is 2. The van der Waals surface area contributed by atoms with Crippen LogP contribution in [0, 0.1) is 11.7 Å². The molecule has 32 heavy (non-hydrogen) atoms. The average molecular weight is 507 g/mol. The molecule has 0 fully saturated rings. The van der Waals surface area contributed by atoms with Crippen molar-refractivity contribution in [1.82, 2.24) is 10.2 Å². The first-order valence-electron chi connectivity index (χ1n) is 11.0. The molecule has 2 rings (SSSR count). The normalized spacial score (nSPS) is 11.8. The Morgan fingerprint density at radius 1 is 1.09 bits per heavy atom. The molecule has 2 amide bonds. The van der Waals surface area contributed by atoms with E-state index in [9.17, 15) is 14.0 Å². The lowest BCUT2D eigenvalue weighted by Gasteiger charge is -2.31. The van der Waals surface area contributed by atoms with Crippen molar-refractivity contribution in [1.29, 1.82) is 0 Å². The number of amides is 2. The molecule has 0 aliphatic heterocycles. The van der Waals surface area contributed by atoms with Crippen LogP contribution in [0.4, 0.5) is 4.39 Å². The summed E-state index contributed by atoms with van der Waals surface area (Å²) < 4.78 is 19.9. The van der Waals surface area contributed by atoms with Crippen molar-refractivity contribution < 1.29 is 18.7 Å². The quantitative estimate of drug-likeness (QED) is 0.460. The second-order valence-corrected chi connectivity index (χ2v) is 8.97. The van der Waals surface area contributed by atoms with Gasteiger partial charge < -0.3 is 15.0 Å². The maximum absolute atomic E-state index is 13.3. The smallest absolute Gasteiger partial charge is 0.261 e. The van der Waals surface area contributed by atoms with Crippen LogP contribution in [0.25, 0.3) is 0 Å². The number of benzene rings is 2. The van der Waals surface area contributed by atoms with E-state index in [1.807, 2.05) is 39.0 Å². The SMILES string of the molecule is CCc1ccc(OCC(=O)N(Cc2ccc(F)cc2)C(CC)C(=O)NCC(C)C)c(Br)c1. The van der Waals surface area contributed by atoms with Crippen molar-refractivity contribution in [3.63, 3.8) is 0 Å². The van der Waals surface area contributed by atoms with E-state index in [0.29, 0.717) is 24.6 Å². The van der Waals surface area contributed by atoms with E-state index < -0.39 is 6.04 Å². The van der Waals surface area contributed by atoms with Crippen LogP contribution in [0.15, 0.2) is 46.9 Å². The minimum atomic E-state index is -0.652. The first-order chi connectivity index (χ1) is 15.2. The van der Waals surface area contributed by atoms with E-state index in [0.717, 1.165) is 22.0 Å². The molecule has 7 heteroatoms. The minimum absolute atomic E-state index is 0.187. The lowest BCUT2D eigenvalue weighted by molar-refractivity contribution is -0.143. The van der Waals surface area contributed by atoms with Gasteiger partial charge in [-0.25, -0.2) is 4.39 Å². The van der Waals surface area contributed by atoms with Crippen molar-refractivity contribution in [3.8, 4) is 5.75 Å². The summed E-state index contributed by atoms with van der Waals surface area (Å²) in [5.74, 6) is -0.00592. The molecule has 2 aromatic carbocycles. The summed E-state index contributed by atoms with van der Waals surface area (Å²) in [6, 6.07) is 11.0. The number of aryl methyl sites for hydroxylation is 1. The zero-order chi connectivity index (χ0) is 23.7. The molecule has 1 unspecified atom stereocenters. The maximum atomic E-state index is 13.3. The van der Waals surface area contributed by atoms with E-state index in [1.54, 1.807) is 12.1 Å². The molecule has 0 aromatic heterocycles. The van der Waals surface area contributed by atoms with Gasteiger partial charge in [-0.3, -0.25) is 9.59 Å². The third-order valence-electron chi connectivity index (χ3n) is 5.09. The maximum Gasteiger partial charge on any atom is 0.261 e. The average Bonchev–Trinajstić information content (AvgIpc) is 2.77. The van der Waals surface area contributed by atoms with Crippen LogP contribution in [0.5, 0.6) is 5.75 Å². The molecule has 174 valence electrons. The van der Waals surface area contributed by atoms with Crippen molar-refractivity contribution >= 4 is 27.7 Å². The Kier molecular flexibility index (Phi) is 10.2. The van der Waals surface area contributed by atoms with Gasteiger partial charge in [0.05, 0.1) is 4.47 Å². The summed E-state index contributed by atoms with van der Waals surface area (Å²) in [5.41, 5.74) is 1.89. The predicted octanol–water partition coefficient (Wildman–Crippen LogP) is 5.11. The van der Waals surface area contributed by atoms with Gasteiger partial charge in [-0.05, 0) is 70.1 Å². The molecular weight excluding hydrogens is 475 g/mol. The van der Waals surface area contributed by atoms with Crippen LogP contribution >= 0.6 is 15.9 Å². The van der Waals surface area contributed by atoms with Crippen molar-refractivity contribution in [2.75, 3.05) is 13.2 Å². The summed E-state index contributed by atoms with van der Waals surface area (Å²) in [6.45, 7) is 8.46. The van der Waals surface area contributed by atoms with Crippen molar-refractivity contribution in [2.45, 2.75) is 53.1 Å². The Balaban J connectivity index is 2.20. The monoisotopic (exact) mass is 506 g/mol. The molecule has 0 bridgehead atoms. The lowest BCUT2D eigenvalue weighted by atomic mass is 10.1. The largest absolute Gasteiger partial charge is 0.483 e. The predicted molar refractivity (Wildman–Crippen MR) is 128 cm³/mol. The molecule has 0 saturated carbocycles. The number of nitrogens with zero attached hydrogens (tertiary/aromatic N) is 1. The van der Waals surface area contributed by atoms with Crippen molar-refractivity contribution in [3.05, 3.63) is 63.9 Å². The summed E-state index contributed by atoms with van der Waals surface area (Å²) in [5, 5.41) is 2.92. The Hall–Kier alpha value is -2.41. The topological polar surface area (TPSA) is 58.6 Å². The summed E-state index contributed by atoms with van der Waals surface area (Å²) in [4.78, 5) is 27.6. The summed E-state index contributed by atoms with van der Waals surface area (Å²) in [7, 11) is 0.